The lowest BCUT2D eigenvalue weighted by Crippen LogP contribution is -2.42. The average molecular weight is 366 g/mol. The molecule has 5 heteroatoms. The van der Waals surface area contributed by atoms with Gasteiger partial charge in [-0.1, -0.05) is 12.1 Å². The van der Waals surface area contributed by atoms with E-state index in [-0.39, 0.29) is 17.5 Å². The van der Waals surface area contributed by atoms with Gasteiger partial charge in [0, 0.05) is 17.1 Å². The van der Waals surface area contributed by atoms with E-state index in [0.29, 0.717) is 5.39 Å². The number of benzene rings is 2. The van der Waals surface area contributed by atoms with Gasteiger partial charge in [-0.25, -0.2) is 4.39 Å². The van der Waals surface area contributed by atoms with Crippen molar-refractivity contribution in [2.45, 2.75) is 44.2 Å². The standard InChI is InChI=1S/C22H23FN2O2/c1-14-12-19-15(8-11-25-21(19)26)13-20(14)27-18-6-9-22(24,10-7-18)16-2-4-17(23)5-3-16/h2-5,8,11-13,18H,6-7,9-10,24H2,1H3,(H,25,26)/t18-,22+. The summed E-state index contributed by atoms with van der Waals surface area (Å²) in [5, 5.41) is 1.54. The number of pyridine rings is 1. The predicted octanol–water partition coefficient (Wildman–Crippen LogP) is 4.15. The minimum Gasteiger partial charge on any atom is -0.490 e. The van der Waals surface area contributed by atoms with Crippen LogP contribution in [0.4, 0.5) is 4.39 Å². The van der Waals surface area contributed by atoms with Gasteiger partial charge in [-0.15, -0.1) is 0 Å². The second-order valence-electron chi connectivity index (χ2n) is 7.49. The van der Waals surface area contributed by atoms with Crippen molar-refractivity contribution in [2.75, 3.05) is 0 Å². The molecule has 0 aliphatic heterocycles. The molecule has 27 heavy (non-hydrogen) atoms. The molecule has 1 heterocycles. The smallest absolute Gasteiger partial charge is 0.255 e. The van der Waals surface area contributed by atoms with E-state index in [2.05, 4.69) is 4.98 Å². The molecular formula is C22H23FN2O2. The Bertz CT molecular complexity index is 1020. The molecule has 0 saturated heterocycles. The molecule has 0 unspecified atom stereocenters. The molecule has 1 saturated carbocycles. The van der Waals surface area contributed by atoms with Gasteiger partial charge in [0.05, 0.1) is 6.10 Å². The van der Waals surface area contributed by atoms with Crippen molar-refractivity contribution in [1.82, 2.24) is 4.98 Å². The first-order valence-electron chi connectivity index (χ1n) is 9.28. The third kappa shape index (κ3) is 3.47. The van der Waals surface area contributed by atoms with E-state index in [1.165, 1.54) is 12.1 Å². The Hall–Kier alpha value is -2.66. The van der Waals surface area contributed by atoms with Crippen LogP contribution in [-0.2, 0) is 5.54 Å². The van der Waals surface area contributed by atoms with Crippen LogP contribution in [0.25, 0.3) is 10.8 Å². The van der Waals surface area contributed by atoms with Crippen LogP contribution in [0.15, 0.2) is 53.5 Å². The molecule has 4 rings (SSSR count). The third-order valence-electron chi connectivity index (χ3n) is 5.61. The second kappa shape index (κ2) is 6.82. The molecule has 0 spiro atoms. The van der Waals surface area contributed by atoms with Gasteiger partial charge in [0.2, 0.25) is 0 Å². The van der Waals surface area contributed by atoms with Crippen molar-refractivity contribution in [3.8, 4) is 5.75 Å². The van der Waals surface area contributed by atoms with Crippen molar-refractivity contribution in [3.63, 3.8) is 0 Å². The first kappa shape index (κ1) is 17.7. The van der Waals surface area contributed by atoms with Crippen molar-refractivity contribution in [3.05, 3.63) is 76.0 Å². The number of aryl methyl sites for hydroxylation is 1. The highest BCUT2D eigenvalue weighted by Crippen LogP contribution is 2.37. The summed E-state index contributed by atoms with van der Waals surface area (Å²) in [5.74, 6) is 0.564. The zero-order chi connectivity index (χ0) is 19.0. The van der Waals surface area contributed by atoms with E-state index < -0.39 is 5.54 Å². The lowest BCUT2D eigenvalue weighted by Gasteiger charge is -2.37. The maximum atomic E-state index is 13.2. The van der Waals surface area contributed by atoms with Crippen molar-refractivity contribution in [1.29, 1.82) is 0 Å². The number of hydrogen-bond donors (Lipinski definition) is 2. The van der Waals surface area contributed by atoms with E-state index in [4.69, 9.17) is 10.5 Å². The monoisotopic (exact) mass is 366 g/mol. The predicted molar refractivity (Wildman–Crippen MR) is 104 cm³/mol. The minimum absolute atomic E-state index is 0.0836. The molecule has 0 amide bonds. The molecule has 3 N–H and O–H groups in total. The van der Waals surface area contributed by atoms with Gasteiger partial charge in [0.15, 0.2) is 0 Å². The number of hydrogen-bond acceptors (Lipinski definition) is 3. The van der Waals surface area contributed by atoms with Crippen LogP contribution in [-0.4, -0.2) is 11.1 Å². The Morgan fingerprint density at radius 3 is 2.56 bits per heavy atom. The molecule has 0 atom stereocenters. The van der Waals surface area contributed by atoms with Gasteiger partial charge in [-0.2, -0.15) is 0 Å². The summed E-state index contributed by atoms with van der Waals surface area (Å²) in [4.78, 5) is 14.6. The van der Waals surface area contributed by atoms with Crippen LogP contribution in [0.2, 0.25) is 0 Å². The Labute approximate surface area is 157 Å². The van der Waals surface area contributed by atoms with Gasteiger partial charge in [-0.05, 0) is 79.5 Å². The number of nitrogens with two attached hydrogens (primary N) is 1. The maximum absolute atomic E-state index is 13.2. The van der Waals surface area contributed by atoms with Crippen molar-refractivity contribution in [2.24, 2.45) is 5.73 Å². The van der Waals surface area contributed by atoms with Crippen molar-refractivity contribution >= 4 is 10.8 Å². The van der Waals surface area contributed by atoms with Gasteiger partial charge in [0.25, 0.3) is 5.56 Å². The molecule has 4 nitrogen and oxygen atoms in total. The van der Waals surface area contributed by atoms with E-state index in [9.17, 15) is 9.18 Å². The summed E-state index contributed by atoms with van der Waals surface area (Å²) in [5.41, 5.74) is 7.99. The summed E-state index contributed by atoms with van der Waals surface area (Å²) >= 11 is 0. The number of aromatic amines is 1. The van der Waals surface area contributed by atoms with Gasteiger partial charge in [-0.3, -0.25) is 4.79 Å². The third-order valence-corrected chi connectivity index (χ3v) is 5.61. The van der Waals surface area contributed by atoms with E-state index in [1.807, 2.05) is 25.1 Å². The normalized spacial score (nSPS) is 22.7. The number of nitrogens with one attached hydrogen (secondary N) is 1. The molecule has 140 valence electrons. The minimum atomic E-state index is -0.431. The zero-order valence-electron chi connectivity index (χ0n) is 15.3. The summed E-state index contributed by atoms with van der Waals surface area (Å²) in [6.45, 7) is 1.95. The van der Waals surface area contributed by atoms with E-state index in [1.54, 1.807) is 18.3 Å². The van der Waals surface area contributed by atoms with E-state index in [0.717, 1.165) is 47.9 Å². The fourth-order valence-corrected chi connectivity index (χ4v) is 3.92. The number of H-pyrrole nitrogens is 1. The fourth-order valence-electron chi connectivity index (χ4n) is 3.92. The van der Waals surface area contributed by atoms with Crippen LogP contribution in [0.1, 0.15) is 36.8 Å². The molecular weight excluding hydrogens is 343 g/mol. The topological polar surface area (TPSA) is 68.1 Å². The fraction of sp³-hybridized carbons (Fsp3) is 0.318. The SMILES string of the molecule is Cc1cc2c(=O)[nH]ccc2cc1O[C@H]1CC[C@](N)(c2ccc(F)cc2)CC1. The molecule has 0 radical (unpaired) electrons. The lowest BCUT2D eigenvalue weighted by atomic mass is 9.76. The molecule has 1 aromatic heterocycles. The largest absolute Gasteiger partial charge is 0.490 e. The Morgan fingerprint density at radius 1 is 1.15 bits per heavy atom. The quantitative estimate of drug-likeness (QED) is 0.732. The number of fused-ring (bicyclic) bond motifs is 1. The van der Waals surface area contributed by atoms with Crippen molar-refractivity contribution < 1.29 is 9.13 Å². The summed E-state index contributed by atoms with van der Waals surface area (Å²) in [7, 11) is 0. The molecule has 1 aliphatic carbocycles. The number of halogens is 1. The first-order chi connectivity index (χ1) is 12.9. The van der Waals surface area contributed by atoms with Crippen LogP contribution in [0, 0.1) is 12.7 Å². The molecule has 3 aromatic rings. The highest BCUT2D eigenvalue weighted by atomic mass is 19.1. The Balaban J connectivity index is 1.49. The summed E-state index contributed by atoms with van der Waals surface area (Å²) < 4.78 is 19.4. The first-order valence-corrected chi connectivity index (χ1v) is 9.28. The zero-order valence-corrected chi connectivity index (χ0v) is 15.3. The van der Waals surface area contributed by atoms with Crippen LogP contribution >= 0.6 is 0 Å². The average Bonchev–Trinajstić information content (AvgIpc) is 2.66. The Morgan fingerprint density at radius 2 is 1.85 bits per heavy atom. The number of ether oxygens (including phenoxy) is 1. The van der Waals surface area contributed by atoms with Gasteiger partial charge >= 0.3 is 0 Å². The highest BCUT2D eigenvalue weighted by Gasteiger charge is 2.34. The van der Waals surface area contributed by atoms with E-state index >= 15 is 0 Å². The summed E-state index contributed by atoms with van der Waals surface area (Å²) in [6, 6.07) is 12.2. The lowest BCUT2D eigenvalue weighted by molar-refractivity contribution is 0.117. The molecule has 2 aromatic carbocycles. The van der Waals surface area contributed by atoms with Crippen LogP contribution in [0.5, 0.6) is 5.75 Å². The number of rotatable bonds is 3. The molecule has 1 fully saturated rings. The molecule has 0 bridgehead atoms. The Kier molecular flexibility index (Phi) is 4.48. The molecule has 1 aliphatic rings. The highest BCUT2D eigenvalue weighted by molar-refractivity contribution is 5.83. The van der Waals surface area contributed by atoms with Gasteiger partial charge < -0.3 is 15.5 Å². The van der Waals surface area contributed by atoms with Crippen LogP contribution < -0.4 is 16.0 Å². The van der Waals surface area contributed by atoms with Gasteiger partial charge in [0.1, 0.15) is 11.6 Å². The number of aromatic nitrogens is 1. The summed E-state index contributed by atoms with van der Waals surface area (Å²) in [6.07, 6.45) is 4.97. The van der Waals surface area contributed by atoms with Crippen LogP contribution in [0.3, 0.4) is 0 Å². The maximum Gasteiger partial charge on any atom is 0.255 e. The second-order valence-corrected chi connectivity index (χ2v) is 7.49.